The van der Waals surface area contributed by atoms with Crippen molar-refractivity contribution in [3.05, 3.63) is 58.5 Å². The molecule has 1 aromatic rings. The first kappa shape index (κ1) is 28.9. The summed E-state index contributed by atoms with van der Waals surface area (Å²) in [6.07, 6.45) is -3.00. The van der Waals surface area contributed by atoms with Gasteiger partial charge in [0.25, 0.3) is 0 Å². The van der Waals surface area contributed by atoms with Crippen LogP contribution in [0.4, 0.5) is 0 Å². The van der Waals surface area contributed by atoms with Crippen molar-refractivity contribution in [3.8, 4) is 0 Å². The van der Waals surface area contributed by atoms with Crippen LogP contribution in [0.2, 0.25) is 0 Å². The van der Waals surface area contributed by atoms with Crippen LogP contribution >= 0.6 is 11.8 Å². The number of ether oxygens (including phenoxy) is 4. The summed E-state index contributed by atoms with van der Waals surface area (Å²) in [6.45, 7) is 7.36. The van der Waals surface area contributed by atoms with E-state index in [0.29, 0.717) is 5.56 Å². The largest absolute Gasteiger partial charge is 0.456 e. The molecule has 0 aliphatic carbocycles. The summed E-state index contributed by atoms with van der Waals surface area (Å²) in [4.78, 5) is 51.6. The maximum atomic E-state index is 13.2. The Labute approximate surface area is 212 Å². The number of nitrogens with one attached hydrogen (secondary N) is 1. The molecule has 13 heteroatoms. The Morgan fingerprint density at radius 3 is 2.53 bits per heavy atom. The highest BCUT2D eigenvalue weighted by atomic mass is 32.2. The zero-order valence-corrected chi connectivity index (χ0v) is 20.9. The summed E-state index contributed by atoms with van der Waals surface area (Å²) in [7, 11) is 0. The molecule has 2 rings (SSSR count). The van der Waals surface area contributed by atoms with Crippen LogP contribution in [0.3, 0.4) is 0 Å². The molecular weight excluding hydrogens is 492 g/mol. The van der Waals surface area contributed by atoms with Crippen molar-refractivity contribution in [1.82, 2.24) is 5.32 Å². The van der Waals surface area contributed by atoms with Gasteiger partial charge in [-0.1, -0.05) is 41.2 Å². The van der Waals surface area contributed by atoms with Gasteiger partial charge in [-0.2, -0.15) is 0 Å². The Bertz CT molecular complexity index is 1030. The molecule has 1 aliphatic rings. The first-order chi connectivity index (χ1) is 17.2. The maximum absolute atomic E-state index is 13.2. The molecule has 0 aromatic heterocycles. The molecule has 36 heavy (non-hydrogen) atoms. The van der Waals surface area contributed by atoms with Gasteiger partial charge in [-0.05, 0) is 17.2 Å². The molecule has 1 saturated heterocycles. The van der Waals surface area contributed by atoms with Crippen LogP contribution in [0.25, 0.3) is 10.4 Å². The van der Waals surface area contributed by atoms with E-state index in [4.69, 9.17) is 24.5 Å². The molecule has 0 spiro atoms. The summed E-state index contributed by atoms with van der Waals surface area (Å²) in [5.74, 6) is -1.90. The molecule has 1 amide bonds. The number of nitrogens with zero attached hydrogens (tertiary/aromatic N) is 3. The molecule has 12 nitrogen and oxygen atoms in total. The van der Waals surface area contributed by atoms with E-state index in [1.165, 1.54) is 32.9 Å². The standard InChI is InChI=1S/C23H28N4O8S/c1-5-10-32-23-19(26-13(2)28)21(33-14(3)29)20(18(34-23)12-36-15(4)30)35-22(31)17-9-7-6-8-16(17)11-25-27-24/h5-9,18-21,23H,1,10-12H2,2-4H3,(H,26,28)/t18-,19-,20-,21-,23+/m1/s1. The van der Waals surface area contributed by atoms with E-state index in [1.807, 2.05) is 0 Å². The van der Waals surface area contributed by atoms with Gasteiger partial charge >= 0.3 is 11.9 Å². The molecule has 0 unspecified atom stereocenters. The minimum atomic E-state index is -1.22. The van der Waals surface area contributed by atoms with Crippen LogP contribution in [-0.4, -0.2) is 66.0 Å². The van der Waals surface area contributed by atoms with E-state index in [2.05, 4.69) is 21.9 Å². The van der Waals surface area contributed by atoms with Gasteiger partial charge in [-0.15, -0.1) is 6.58 Å². The number of hydrogen-bond donors (Lipinski definition) is 1. The van der Waals surface area contributed by atoms with Gasteiger partial charge in [0.15, 0.2) is 23.6 Å². The van der Waals surface area contributed by atoms with Gasteiger partial charge < -0.3 is 24.3 Å². The van der Waals surface area contributed by atoms with E-state index in [9.17, 15) is 19.2 Å². The van der Waals surface area contributed by atoms with Crippen LogP contribution in [-0.2, 0) is 39.9 Å². The Balaban J connectivity index is 2.49. The number of carbonyl (C=O) groups excluding carboxylic acids is 4. The van der Waals surface area contributed by atoms with E-state index >= 15 is 0 Å². The number of rotatable bonds is 11. The van der Waals surface area contributed by atoms with Crippen molar-refractivity contribution in [2.45, 2.75) is 58.0 Å². The van der Waals surface area contributed by atoms with Gasteiger partial charge in [0.2, 0.25) is 5.91 Å². The Kier molecular flexibility index (Phi) is 11.4. The van der Waals surface area contributed by atoms with Crippen molar-refractivity contribution < 1.29 is 38.1 Å². The number of carbonyl (C=O) groups is 4. The molecular formula is C23H28N4O8S. The summed E-state index contributed by atoms with van der Waals surface area (Å²) in [6, 6.07) is 5.34. The average molecular weight is 521 g/mol. The van der Waals surface area contributed by atoms with Gasteiger partial charge in [0.1, 0.15) is 12.1 Å². The highest BCUT2D eigenvalue weighted by Gasteiger charge is 2.51. The second-order valence-electron chi connectivity index (χ2n) is 7.68. The normalized spacial score (nSPS) is 23.0. The molecule has 0 saturated carbocycles. The van der Waals surface area contributed by atoms with Crippen LogP contribution in [0.1, 0.15) is 36.7 Å². The topological polar surface area (TPSA) is 166 Å². The summed E-state index contributed by atoms with van der Waals surface area (Å²) in [5, 5.41) is 5.93. The second-order valence-corrected chi connectivity index (χ2v) is 8.88. The predicted molar refractivity (Wildman–Crippen MR) is 130 cm³/mol. The summed E-state index contributed by atoms with van der Waals surface area (Å²) < 4.78 is 23.0. The highest BCUT2D eigenvalue weighted by molar-refractivity contribution is 8.13. The van der Waals surface area contributed by atoms with Crippen LogP contribution in [0.15, 0.2) is 42.0 Å². The van der Waals surface area contributed by atoms with Crippen molar-refractivity contribution >= 4 is 34.7 Å². The van der Waals surface area contributed by atoms with Crippen molar-refractivity contribution in [2.24, 2.45) is 5.11 Å². The smallest absolute Gasteiger partial charge is 0.338 e. The zero-order chi connectivity index (χ0) is 26.7. The molecule has 194 valence electrons. The van der Waals surface area contributed by atoms with E-state index in [0.717, 1.165) is 11.8 Å². The number of benzene rings is 1. The number of hydrogen-bond acceptors (Lipinski definition) is 10. The van der Waals surface area contributed by atoms with Gasteiger partial charge in [-0.25, -0.2) is 4.79 Å². The molecule has 0 radical (unpaired) electrons. The second kappa shape index (κ2) is 14.2. The van der Waals surface area contributed by atoms with Crippen LogP contribution in [0, 0.1) is 0 Å². The lowest BCUT2D eigenvalue weighted by molar-refractivity contribution is -0.259. The summed E-state index contributed by atoms with van der Waals surface area (Å²) in [5.41, 5.74) is 9.21. The lowest BCUT2D eigenvalue weighted by Crippen LogP contribution is -2.66. The lowest BCUT2D eigenvalue weighted by Gasteiger charge is -2.45. The predicted octanol–water partition coefficient (Wildman–Crippen LogP) is 2.67. The van der Waals surface area contributed by atoms with Crippen molar-refractivity contribution in [1.29, 1.82) is 0 Å². The van der Waals surface area contributed by atoms with Crippen molar-refractivity contribution in [3.63, 3.8) is 0 Å². The fourth-order valence-corrected chi connectivity index (χ4v) is 4.22. The van der Waals surface area contributed by atoms with Crippen LogP contribution in [0.5, 0.6) is 0 Å². The first-order valence-corrected chi connectivity index (χ1v) is 11.9. The Morgan fingerprint density at radius 2 is 1.92 bits per heavy atom. The minimum Gasteiger partial charge on any atom is -0.456 e. The number of thioether (sulfide) groups is 1. The first-order valence-electron chi connectivity index (χ1n) is 10.9. The molecule has 1 aromatic carbocycles. The summed E-state index contributed by atoms with van der Waals surface area (Å²) >= 11 is 0.927. The Morgan fingerprint density at radius 1 is 1.19 bits per heavy atom. The fourth-order valence-electron chi connectivity index (χ4n) is 3.56. The third-order valence-electron chi connectivity index (χ3n) is 4.93. The number of esters is 2. The van der Waals surface area contributed by atoms with Crippen molar-refractivity contribution in [2.75, 3.05) is 12.4 Å². The number of amides is 1. The SMILES string of the molecule is C=CCO[C@H]1O[C@H](CSC(C)=O)[C@@H](OC(=O)c2ccccc2CN=[N+]=[N-])[C@H](OC(C)=O)[C@H]1NC(C)=O. The average Bonchev–Trinajstić information content (AvgIpc) is 2.82. The Hall–Kier alpha value is -3.38. The van der Waals surface area contributed by atoms with Gasteiger partial charge in [0.05, 0.1) is 18.7 Å². The third kappa shape index (κ3) is 8.38. The molecule has 1 N–H and O–H groups in total. The fraction of sp³-hybridized carbons (Fsp3) is 0.478. The van der Waals surface area contributed by atoms with Gasteiger partial charge in [-0.3, -0.25) is 14.4 Å². The molecule has 1 heterocycles. The van der Waals surface area contributed by atoms with E-state index < -0.39 is 48.5 Å². The maximum Gasteiger partial charge on any atom is 0.338 e. The van der Waals surface area contributed by atoms with Crippen LogP contribution < -0.4 is 5.32 Å². The quantitative estimate of drug-likeness (QED) is 0.152. The minimum absolute atomic E-state index is 0.0478. The molecule has 1 aliphatic heterocycles. The van der Waals surface area contributed by atoms with Gasteiger partial charge in [0, 0.05) is 31.4 Å². The van der Waals surface area contributed by atoms with E-state index in [-0.39, 0.29) is 29.6 Å². The molecule has 0 bridgehead atoms. The highest BCUT2D eigenvalue weighted by Crippen LogP contribution is 2.30. The zero-order valence-electron chi connectivity index (χ0n) is 20.1. The lowest BCUT2D eigenvalue weighted by atomic mass is 9.96. The third-order valence-corrected chi connectivity index (χ3v) is 5.83. The van der Waals surface area contributed by atoms with E-state index in [1.54, 1.807) is 18.2 Å². The number of azide groups is 1. The molecule has 5 atom stereocenters. The monoisotopic (exact) mass is 520 g/mol. The molecule has 1 fully saturated rings.